The number of phenolic OH excluding ortho intramolecular Hbond substituents is 1. The number of carbonyl (C=O) groups excluding carboxylic acids is 1. The maximum atomic E-state index is 12.2. The summed E-state index contributed by atoms with van der Waals surface area (Å²) in [6.45, 7) is 3.60. The second-order valence-corrected chi connectivity index (χ2v) is 7.40. The average Bonchev–Trinajstić information content (AvgIpc) is 2.49. The van der Waals surface area contributed by atoms with Gasteiger partial charge in [0.15, 0.2) is 5.78 Å². The first-order valence-electron chi connectivity index (χ1n) is 7.26. The minimum absolute atomic E-state index is 0.190. The van der Waals surface area contributed by atoms with Crippen molar-refractivity contribution in [3.8, 4) is 5.75 Å². The summed E-state index contributed by atoms with van der Waals surface area (Å²) in [4.78, 5) is 12.2. The Kier molecular flexibility index (Phi) is 5.09. The van der Waals surface area contributed by atoms with E-state index in [9.17, 15) is 18.3 Å². The predicted octanol–water partition coefficient (Wildman–Crippen LogP) is 3.28. The van der Waals surface area contributed by atoms with Crippen molar-refractivity contribution in [3.63, 3.8) is 0 Å². The molecule has 0 heterocycles. The van der Waals surface area contributed by atoms with Gasteiger partial charge in [0.05, 0.1) is 6.26 Å². The van der Waals surface area contributed by atoms with E-state index in [1.165, 1.54) is 18.2 Å². The molecule has 0 fully saturated rings. The van der Waals surface area contributed by atoms with Crippen molar-refractivity contribution >= 4 is 27.6 Å². The highest BCUT2D eigenvalue weighted by Gasteiger charge is 2.06. The number of nitrogens with one attached hydrogen (secondary N) is 1. The molecule has 0 aliphatic rings. The van der Waals surface area contributed by atoms with E-state index in [0.717, 1.165) is 22.9 Å². The molecule has 0 spiro atoms. The molecule has 6 heteroatoms. The zero-order valence-electron chi connectivity index (χ0n) is 13.7. The van der Waals surface area contributed by atoms with Gasteiger partial charge >= 0.3 is 0 Å². The van der Waals surface area contributed by atoms with Crippen LogP contribution in [0.3, 0.4) is 0 Å². The van der Waals surface area contributed by atoms with Gasteiger partial charge in [0.1, 0.15) is 5.75 Å². The number of carbonyl (C=O) groups is 1. The SMILES string of the molecule is Cc1cc(C=CC(=O)c2ccc(NS(C)(=O)=O)cc2)cc(C)c1O. The fourth-order valence-corrected chi connectivity index (χ4v) is 2.83. The number of rotatable bonds is 5. The van der Waals surface area contributed by atoms with Gasteiger partial charge in [-0.2, -0.15) is 0 Å². The number of allylic oxidation sites excluding steroid dienone is 1. The van der Waals surface area contributed by atoms with Crippen molar-refractivity contribution in [3.05, 3.63) is 64.7 Å². The minimum atomic E-state index is -3.34. The van der Waals surface area contributed by atoms with E-state index >= 15 is 0 Å². The summed E-state index contributed by atoms with van der Waals surface area (Å²) in [5.74, 6) is 0.0664. The van der Waals surface area contributed by atoms with Gasteiger partial charge < -0.3 is 5.11 Å². The van der Waals surface area contributed by atoms with Crippen LogP contribution < -0.4 is 4.72 Å². The topological polar surface area (TPSA) is 83.5 Å². The Morgan fingerprint density at radius 2 is 1.62 bits per heavy atom. The van der Waals surface area contributed by atoms with Crippen LogP contribution in [0.4, 0.5) is 5.69 Å². The molecule has 24 heavy (non-hydrogen) atoms. The molecule has 0 aliphatic heterocycles. The van der Waals surface area contributed by atoms with E-state index in [1.54, 1.807) is 44.2 Å². The summed E-state index contributed by atoms with van der Waals surface area (Å²) in [6, 6.07) is 9.80. The van der Waals surface area contributed by atoms with E-state index in [2.05, 4.69) is 4.72 Å². The van der Waals surface area contributed by atoms with E-state index in [-0.39, 0.29) is 11.5 Å². The number of benzene rings is 2. The molecule has 2 rings (SSSR count). The monoisotopic (exact) mass is 345 g/mol. The molecule has 2 aromatic carbocycles. The molecule has 0 saturated heterocycles. The molecule has 2 N–H and O–H groups in total. The van der Waals surface area contributed by atoms with Crippen molar-refractivity contribution < 1.29 is 18.3 Å². The average molecular weight is 345 g/mol. The summed E-state index contributed by atoms with van der Waals surface area (Å²) >= 11 is 0. The first kappa shape index (κ1) is 17.7. The number of anilines is 1. The summed E-state index contributed by atoms with van der Waals surface area (Å²) < 4.78 is 24.6. The highest BCUT2D eigenvalue weighted by atomic mass is 32.2. The van der Waals surface area contributed by atoms with Crippen LogP contribution >= 0.6 is 0 Å². The van der Waals surface area contributed by atoms with Crippen LogP contribution in [0.2, 0.25) is 0 Å². The first-order valence-corrected chi connectivity index (χ1v) is 9.15. The summed E-state index contributed by atoms with van der Waals surface area (Å²) in [5.41, 5.74) is 3.18. The van der Waals surface area contributed by atoms with E-state index in [1.807, 2.05) is 0 Å². The molecule has 0 aromatic heterocycles. The molecule has 0 saturated carbocycles. The predicted molar refractivity (Wildman–Crippen MR) is 95.9 cm³/mol. The van der Waals surface area contributed by atoms with Gasteiger partial charge in [-0.1, -0.05) is 6.08 Å². The van der Waals surface area contributed by atoms with Crippen LogP contribution in [0.5, 0.6) is 5.75 Å². The van der Waals surface area contributed by atoms with Crippen LogP contribution in [0.15, 0.2) is 42.5 Å². The summed E-state index contributed by atoms with van der Waals surface area (Å²) in [5, 5.41) is 9.75. The maximum Gasteiger partial charge on any atom is 0.229 e. The fourth-order valence-electron chi connectivity index (χ4n) is 2.27. The molecule has 0 bridgehead atoms. The zero-order chi connectivity index (χ0) is 17.9. The Morgan fingerprint density at radius 3 is 2.12 bits per heavy atom. The summed E-state index contributed by atoms with van der Waals surface area (Å²) in [6.07, 6.45) is 4.20. The third kappa shape index (κ3) is 4.70. The van der Waals surface area contributed by atoms with Gasteiger partial charge in [-0.3, -0.25) is 9.52 Å². The molecule has 0 atom stereocenters. The Hall–Kier alpha value is -2.60. The van der Waals surface area contributed by atoms with Gasteiger partial charge in [-0.15, -0.1) is 0 Å². The Labute approximate surface area is 141 Å². The lowest BCUT2D eigenvalue weighted by molar-refractivity contribution is 0.104. The van der Waals surface area contributed by atoms with E-state index < -0.39 is 10.0 Å². The van der Waals surface area contributed by atoms with Crippen molar-refractivity contribution in [1.29, 1.82) is 0 Å². The second kappa shape index (κ2) is 6.88. The Morgan fingerprint density at radius 1 is 1.08 bits per heavy atom. The number of hydrogen-bond acceptors (Lipinski definition) is 4. The number of aromatic hydroxyl groups is 1. The molecular formula is C18H19NO4S. The quantitative estimate of drug-likeness (QED) is 0.643. The highest BCUT2D eigenvalue weighted by molar-refractivity contribution is 7.92. The third-order valence-corrected chi connectivity index (χ3v) is 4.02. The number of hydrogen-bond donors (Lipinski definition) is 2. The van der Waals surface area contributed by atoms with Gasteiger partial charge in [0, 0.05) is 11.3 Å². The largest absolute Gasteiger partial charge is 0.507 e. The number of phenols is 1. The lowest BCUT2D eigenvalue weighted by Gasteiger charge is -2.05. The van der Waals surface area contributed by atoms with Crippen molar-refractivity contribution in [1.82, 2.24) is 0 Å². The van der Waals surface area contributed by atoms with E-state index in [0.29, 0.717) is 11.3 Å². The Bertz CT molecular complexity index is 874. The van der Waals surface area contributed by atoms with E-state index in [4.69, 9.17) is 0 Å². The molecule has 0 unspecified atom stereocenters. The molecule has 5 nitrogen and oxygen atoms in total. The standard InChI is InChI=1S/C18H19NO4S/c1-12-10-14(11-13(2)18(12)21)4-9-17(20)15-5-7-16(8-6-15)19-24(3,22)23/h4-11,19,21H,1-3H3. The molecule has 0 radical (unpaired) electrons. The van der Waals surface area contributed by atoms with Gasteiger partial charge in [0.2, 0.25) is 10.0 Å². The molecular weight excluding hydrogens is 326 g/mol. The molecule has 2 aromatic rings. The maximum absolute atomic E-state index is 12.2. The van der Waals surface area contributed by atoms with Gasteiger partial charge in [-0.25, -0.2) is 8.42 Å². The van der Waals surface area contributed by atoms with Crippen molar-refractivity contribution in [2.45, 2.75) is 13.8 Å². The third-order valence-electron chi connectivity index (χ3n) is 3.41. The lowest BCUT2D eigenvalue weighted by Crippen LogP contribution is -2.09. The lowest BCUT2D eigenvalue weighted by atomic mass is 10.0. The molecule has 0 aliphatic carbocycles. The van der Waals surface area contributed by atoms with Crippen LogP contribution in [0, 0.1) is 13.8 Å². The van der Waals surface area contributed by atoms with Crippen LogP contribution in [0.25, 0.3) is 6.08 Å². The normalized spacial score (nSPS) is 11.6. The first-order chi connectivity index (χ1) is 11.2. The fraction of sp³-hybridized carbons (Fsp3) is 0.167. The second-order valence-electron chi connectivity index (χ2n) is 5.65. The summed E-state index contributed by atoms with van der Waals surface area (Å²) in [7, 11) is -3.34. The number of aryl methyl sites for hydroxylation is 2. The van der Waals surface area contributed by atoms with Crippen molar-refractivity contribution in [2.24, 2.45) is 0 Å². The van der Waals surface area contributed by atoms with Crippen LogP contribution in [-0.4, -0.2) is 25.6 Å². The van der Waals surface area contributed by atoms with Crippen LogP contribution in [-0.2, 0) is 10.0 Å². The molecule has 126 valence electrons. The Balaban J connectivity index is 2.15. The van der Waals surface area contributed by atoms with Gasteiger partial charge in [0.25, 0.3) is 0 Å². The number of ketones is 1. The number of sulfonamides is 1. The highest BCUT2D eigenvalue weighted by Crippen LogP contribution is 2.23. The van der Waals surface area contributed by atoms with Gasteiger partial charge in [-0.05, 0) is 73.0 Å². The minimum Gasteiger partial charge on any atom is -0.507 e. The molecule has 0 amide bonds. The van der Waals surface area contributed by atoms with Crippen LogP contribution in [0.1, 0.15) is 27.0 Å². The van der Waals surface area contributed by atoms with Crippen molar-refractivity contribution in [2.75, 3.05) is 11.0 Å². The smallest absolute Gasteiger partial charge is 0.229 e. The zero-order valence-corrected chi connectivity index (χ0v) is 14.5.